The lowest BCUT2D eigenvalue weighted by Crippen LogP contribution is -2.25. The van der Waals surface area contributed by atoms with Gasteiger partial charge in [-0.05, 0) is 18.6 Å². The molecule has 0 aromatic heterocycles. The summed E-state index contributed by atoms with van der Waals surface area (Å²) in [5, 5.41) is 8.90. The van der Waals surface area contributed by atoms with Gasteiger partial charge in [0.15, 0.2) is 6.10 Å². The Morgan fingerprint density at radius 3 is 2.62 bits per heavy atom. The van der Waals surface area contributed by atoms with Gasteiger partial charge in [-0.15, -0.1) is 0 Å². The largest absolute Gasteiger partial charge is 0.496 e. The predicted molar refractivity (Wildman–Crippen MR) is 59.9 cm³/mol. The number of hydrogen-bond donors (Lipinski definition) is 1. The zero-order valence-corrected chi connectivity index (χ0v) is 9.69. The van der Waals surface area contributed by atoms with Gasteiger partial charge in [0.2, 0.25) is 0 Å². The van der Waals surface area contributed by atoms with E-state index in [0.717, 1.165) is 11.1 Å². The van der Waals surface area contributed by atoms with Crippen LogP contribution in [-0.4, -0.2) is 31.4 Å². The number of carboxylic acid groups (broad SMARTS) is 1. The Balaban J connectivity index is 2.93. The average Bonchev–Trinajstić information content (AvgIpc) is 2.25. The number of aliphatic carboxylic acids is 1. The summed E-state index contributed by atoms with van der Waals surface area (Å²) in [4.78, 5) is 10.9. The number of ether oxygens (including phenoxy) is 2. The molecule has 1 aromatic rings. The number of benzene rings is 1. The molecule has 1 rings (SSSR count). The van der Waals surface area contributed by atoms with E-state index in [9.17, 15) is 4.79 Å². The molecule has 0 spiro atoms. The van der Waals surface area contributed by atoms with Crippen molar-refractivity contribution in [1.29, 1.82) is 0 Å². The molecule has 1 atom stereocenters. The summed E-state index contributed by atoms with van der Waals surface area (Å²) in [6, 6.07) is 5.66. The van der Waals surface area contributed by atoms with Crippen molar-refractivity contribution in [3.63, 3.8) is 0 Å². The van der Waals surface area contributed by atoms with E-state index in [4.69, 9.17) is 14.6 Å². The molecular formula is C12H16O4. The second-order valence-electron chi connectivity index (χ2n) is 3.58. The van der Waals surface area contributed by atoms with Crippen LogP contribution >= 0.6 is 0 Å². The smallest absolute Gasteiger partial charge is 0.333 e. The van der Waals surface area contributed by atoms with E-state index in [1.54, 1.807) is 7.11 Å². The summed E-state index contributed by atoms with van der Waals surface area (Å²) in [7, 11) is 2.96. The molecule has 0 fully saturated rings. The van der Waals surface area contributed by atoms with Crippen LogP contribution in [-0.2, 0) is 16.0 Å². The lowest BCUT2D eigenvalue weighted by molar-refractivity contribution is -0.148. The zero-order valence-electron chi connectivity index (χ0n) is 9.69. The molecule has 0 saturated carbocycles. The molecule has 0 aliphatic carbocycles. The standard InChI is InChI=1S/C12H16O4/c1-8-4-5-10(15-2)9(6-8)7-11(16-3)12(13)14/h4-6,11H,7H2,1-3H3,(H,13,14). The third-order valence-electron chi connectivity index (χ3n) is 2.40. The summed E-state index contributed by atoms with van der Waals surface area (Å²) in [5.41, 5.74) is 1.91. The molecule has 1 unspecified atom stereocenters. The van der Waals surface area contributed by atoms with Crippen LogP contribution in [0.25, 0.3) is 0 Å². The Labute approximate surface area is 94.8 Å². The normalized spacial score (nSPS) is 12.2. The van der Waals surface area contributed by atoms with E-state index in [1.165, 1.54) is 7.11 Å². The molecule has 0 aliphatic heterocycles. The van der Waals surface area contributed by atoms with E-state index in [2.05, 4.69) is 0 Å². The molecule has 4 nitrogen and oxygen atoms in total. The van der Waals surface area contributed by atoms with Gasteiger partial charge >= 0.3 is 5.97 Å². The second-order valence-corrected chi connectivity index (χ2v) is 3.58. The second kappa shape index (κ2) is 5.51. The summed E-state index contributed by atoms with van der Waals surface area (Å²) in [5.74, 6) is -0.278. The summed E-state index contributed by atoms with van der Waals surface area (Å²) in [6.45, 7) is 1.95. The van der Waals surface area contributed by atoms with Crippen molar-refractivity contribution in [2.24, 2.45) is 0 Å². The molecule has 0 amide bonds. The molecule has 0 heterocycles. The highest BCUT2D eigenvalue weighted by Gasteiger charge is 2.18. The van der Waals surface area contributed by atoms with Crippen LogP contribution in [0.3, 0.4) is 0 Å². The Morgan fingerprint density at radius 2 is 2.12 bits per heavy atom. The first kappa shape index (κ1) is 12.5. The summed E-state index contributed by atoms with van der Waals surface area (Å²) in [6.07, 6.45) is -0.535. The maximum atomic E-state index is 10.9. The lowest BCUT2D eigenvalue weighted by Gasteiger charge is -2.13. The van der Waals surface area contributed by atoms with Gasteiger partial charge in [-0.3, -0.25) is 0 Å². The van der Waals surface area contributed by atoms with Gasteiger partial charge in [0, 0.05) is 13.5 Å². The van der Waals surface area contributed by atoms with Crippen LogP contribution in [0.15, 0.2) is 18.2 Å². The van der Waals surface area contributed by atoms with E-state index in [0.29, 0.717) is 12.2 Å². The number of carbonyl (C=O) groups is 1. The Bertz CT molecular complexity index is 373. The van der Waals surface area contributed by atoms with E-state index in [-0.39, 0.29) is 0 Å². The molecule has 88 valence electrons. The van der Waals surface area contributed by atoms with Gasteiger partial charge in [0.1, 0.15) is 5.75 Å². The Hall–Kier alpha value is -1.55. The first-order chi connectivity index (χ1) is 7.58. The minimum Gasteiger partial charge on any atom is -0.496 e. The highest BCUT2D eigenvalue weighted by atomic mass is 16.5. The SMILES string of the molecule is COc1ccc(C)cc1CC(OC)C(=O)O. The average molecular weight is 224 g/mol. The number of aryl methyl sites for hydroxylation is 1. The maximum absolute atomic E-state index is 10.9. The monoisotopic (exact) mass is 224 g/mol. The fourth-order valence-electron chi connectivity index (χ4n) is 1.54. The molecule has 16 heavy (non-hydrogen) atoms. The van der Waals surface area contributed by atoms with E-state index >= 15 is 0 Å². The van der Waals surface area contributed by atoms with Gasteiger partial charge < -0.3 is 14.6 Å². The third-order valence-corrected chi connectivity index (χ3v) is 2.40. The molecule has 4 heteroatoms. The van der Waals surface area contributed by atoms with Crippen LogP contribution < -0.4 is 4.74 Å². The highest BCUT2D eigenvalue weighted by molar-refractivity contribution is 5.73. The van der Waals surface area contributed by atoms with Crippen molar-refractivity contribution in [3.05, 3.63) is 29.3 Å². The Kier molecular flexibility index (Phi) is 4.31. The van der Waals surface area contributed by atoms with E-state index < -0.39 is 12.1 Å². The first-order valence-corrected chi connectivity index (χ1v) is 4.97. The minimum absolute atomic E-state index is 0.302. The topological polar surface area (TPSA) is 55.8 Å². The summed E-state index contributed by atoms with van der Waals surface area (Å²) >= 11 is 0. The zero-order chi connectivity index (χ0) is 12.1. The fraction of sp³-hybridized carbons (Fsp3) is 0.417. The fourth-order valence-corrected chi connectivity index (χ4v) is 1.54. The van der Waals surface area contributed by atoms with Crippen molar-refractivity contribution in [2.75, 3.05) is 14.2 Å². The number of rotatable bonds is 5. The van der Waals surface area contributed by atoms with Gasteiger partial charge in [-0.25, -0.2) is 4.79 Å². The van der Waals surface area contributed by atoms with Crippen LogP contribution in [0.2, 0.25) is 0 Å². The van der Waals surface area contributed by atoms with Gasteiger partial charge in [-0.2, -0.15) is 0 Å². The minimum atomic E-state index is -0.967. The quantitative estimate of drug-likeness (QED) is 0.826. The van der Waals surface area contributed by atoms with Gasteiger partial charge in [-0.1, -0.05) is 17.7 Å². The summed E-state index contributed by atoms with van der Waals surface area (Å²) < 4.78 is 10.1. The molecule has 0 aliphatic rings. The number of methoxy groups -OCH3 is 2. The molecule has 0 bridgehead atoms. The van der Waals surface area contributed by atoms with Crippen molar-refractivity contribution < 1.29 is 19.4 Å². The molecule has 0 saturated heterocycles. The van der Waals surface area contributed by atoms with Crippen molar-refractivity contribution in [2.45, 2.75) is 19.4 Å². The molecule has 0 radical (unpaired) electrons. The molecular weight excluding hydrogens is 208 g/mol. The van der Waals surface area contributed by atoms with Crippen LogP contribution in [0, 0.1) is 6.92 Å². The number of hydrogen-bond acceptors (Lipinski definition) is 3. The predicted octanol–water partition coefficient (Wildman–Crippen LogP) is 1.65. The third kappa shape index (κ3) is 2.97. The van der Waals surface area contributed by atoms with Crippen LogP contribution in [0.5, 0.6) is 5.75 Å². The van der Waals surface area contributed by atoms with Crippen LogP contribution in [0.1, 0.15) is 11.1 Å². The van der Waals surface area contributed by atoms with Crippen molar-refractivity contribution in [3.8, 4) is 5.75 Å². The van der Waals surface area contributed by atoms with Crippen molar-refractivity contribution >= 4 is 5.97 Å². The van der Waals surface area contributed by atoms with Gasteiger partial charge in [0.25, 0.3) is 0 Å². The molecule has 1 N–H and O–H groups in total. The first-order valence-electron chi connectivity index (χ1n) is 4.97. The van der Waals surface area contributed by atoms with Crippen LogP contribution in [0.4, 0.5) is 0 Å². The highest BCUT2D eigenvalue weighted by Crippen LogP contribution is 2.21. The number of carboxylic acids is 1. The van der Waals surface area contributed by atoms with Gasteiger partial charge in [0.05, 0.1) is 7.11 Å². The lowest BCUT2D eigenvalue weighted by atomic mass is 10.0. The van der Waals surface area contributed by atoms with Crippen molar-refractivity contribution in [1.82, 2.24) is 0 Å². The van der Waals surface area contributed by atoms with E-state index in [1.807, 2.05) is 25.1 Å². The molecule has 1 aromatic carbocycles. The maximum Gasteiger partial charge on any atom is 0.333 e. The Morgan fingerprint density at radius 1 is 1.44 bits per heavy atom.